The minimum Gasteiger partial charge on any atom is -0.322 e. The molecular formula is C18H18N6O3S. The average Bonchev–Trinajstić information content (AvgIpc) is 3.43. The van der Waals surface area contributed by atoms with Gasteiger partial charge in [0, 0.05) is 24.3 Å². The molecule has 2 heterocycles. The molecule has 0 saturated carbocycles. The lowest BCUT2D eigenvalue weighted by Crippen LogP contribution is -2.28. The molecule has 2 aromatic carbocycles. The van der Waals surface area contributed by atoms with Gasteiger partial charge < -0.3 is 5.32 Å². The Kier molecular flexibility index (Phi) is 4.88. The van der Waals surface area contributed by atoms with Gasteiger partial charge in [0.2, 0.25) is 10.0 Å². The summed E-state index contributed by atoms with van der Waals surface area (Å²) in [6.07, 6.45) is 3.19. The molecule has 4 rings (SSSR count). The van der Waals surface area contributed by atoms with Gasteiger partial charge >= 0.3 is 0 Å². The molecule has 28 heavy (non-hydrogen) atoms. The molecule has 1 aliphatic rings. The molecule has 0 aliphatic carbocycles. The lowest BCUT2D eigenvalue weighted by molar-refractivity contribution is 0.102. The van der Waals surface area contributed by atoms with E-state index in [0.29, 0.717) is 18.8 Å². The number of nitrogens with zero attached hydrogens (tertiary/aromatic N) is 5. The quantitative estimate of drug-likeness (QED) is 0.700. The van der Waals surface area contributed by atoms with Gasteiger partial charge in [-0.2, -0.15) is 4.31 Å². The van der Waals surface area contributed by atoms with Crippen molar-refractivity contribution in [2.75, 3.05) is 18.4 Å². The fourth-order valence-corrected chi connectivity index (χ4v) is 4.62. The van der Waals surface area contributed by atoms with Crippen LogP contribution in [0.15, 0.2) is 59.8 Å². The Morgan fingerprint density at radius 1 is 1.04 bits per heavy atom. The number of rotatable bonds is 5. The van der Waals surface area contributed by atoms with Crippen LogP contribution in [-0.4, -0.2) is 51.9 Å². The minimum absolute atomic E-state index is 0.135. The Labute approximate surface area is 162 Å². The Morgan fingerprint density at radius 3 is 2.46 bits per heavy atom. The normalized spacial score (nSPS) is 14.9. The number of carbonyl (C=O) groups excluding carboxylic acids is 1. The highest BCUT2D eigenvalue weighted by Gasteiger charge is 2.27. The molecule has 144 valence electrons. The van der Waals surface area contributed by atoms with Crippen LogP contribution in [0.4, 0.5) is 5.69 Å². The highest BCUT2D eigenvalue weighted by atomic mass is 32.2. The van der Waals surface area contributed by atoms with Crippen molar-refractivity contribution in [1.82, 2.24) is 24.5 Å². The third kappa shape index (κ3) is 3.64. The summed E-state index contributed by atoms with van der Waals surface area (Å²) in [5, 5.41) is 13.7. The topological polar surface area (TPSA) is 110 Å². The van der Waals surface area contributed by atoms with Crippen molar-refractivity contribution in [2.24, 2.45) is 0 Å². The Bertz CT molecular complexity index is 1070. The Morgan fingerprint density at radius 2 is 1.79 bits per heavy atom. The molecule has 1 amide bonds. The van der Waals surface area contributed by atoms with Gasteiger partial charge in [0.15, 0.2) is 0 Å². The average molecular weight is 398 g/mol. The smallest absolute Gasteiger partial charge is 0.255 e. The van der Waals surface area contributed by atoms with E-state index >= 15 is 0 Å². The number of hydrogen-bond acceptors (Lipinski definition) is 6. The second-order valence-electron chi connectivity index (χ2n) is 6.39. The van der Waals surface area contributed by atoms with Crippen LogP contribution in [0.25, 0.3) is 5.69 Å². The van der Waals surface area contributed by atoms with Crippen LogP contribution in [0.1, 0.15) is 23.2 Å². The molecule has 1 saturated heterocycles. The van der Waals surface area contributed by atoms with Crippen molar-refractivity contribution >= 4 is 21.6 Å². The molecule has 3 aromatic rings. The Balaban J connectivity index is 1.51. The van der Waals surface area contributed by atoms with Gasteiger partial charge in [-0.1, -0.05) is 6.07 Å². The molecular weight excluding hydrogens is 380 g/mol. The fourth-order valence-electron chi connectivity index (χ4n) is 3.06. The van der Waals surface area contributed by atoms with Crippen LogP contribution in [0, 0.1) is 0 Å². The summed E-state index contributed by atoms with van der Waals surface area (Å²) in [7, 11) is -3.57. The van der Waals surface area contributed by atoms with E-state index in [-0.39, 0.29) is 16.4 Å². The van der Waals surface area contributed by atoms with E-state index in [4.69, 9.17) is 0 Å². The first-order chi connectivity index (χ1) is 13.5. The first kappa shape index (κ1) is 18.3. The highest BCUT2D eigenvalue weighted by molar-refractivity contribution is 7.89. The molecule has 0 radical (unpaired) electrons. The number of amides is 1. The number of tetrazole rings is 1. The van der Waals surface area contributed by atoms with Gasteiger partial charge in [0.05, 0.1) is 10.6 Å². The molecule has 1 fully saturated rings. The number of hydrogen-bond donors (Lipinski definition) is 1. The predicted octanol–water partition coefficient (Wildman–Crippen LogP) is 1.70. The summed E-state index contributed by atoms with van der Waals surface area (Å²) in [4.78, 5) is 12.7. The molecule has 1 aliphatic heterocycles. The van der Waals surface area contributed by atoms with E-state index in [1.54, 1.807) is 36.4 Å². The SMILES string of the molecule is O=C(Nc1ccc(-n2cnnn2)cc1)c1cccc(S(=O)(=O)N2CCCC2)c1. The van der Waals surface area contributed by atoms with E-state index < -0.39 is 10.0 Å². The first-order valence-electron chi connectivity index (χ1n) is 8.79. The number of anilines is 1. The third-order valence-corrected chi connectivity index (χ3v) is 6.43. The van der Waals surface area contributed by atoms with Gasteiger partial charge in [-0.3, -0.25) is 4.79 Å². The molecule has 0 spiro atoms. The number of aromatic nitrogens is 4. The van der Waals surface area contributed by atoms with Gasteiger partial charge in [0.25, 0.3) is 5.91 Å². The highest BCUT2D eigenvalue weighted by Crippen LogP contribution is 2.22. The second kappa shape index (κ2) is 7.49. The van der Waals surface area contributed by atoms with Gasteiger partial charge in [-0.05, 0) is 65.7 Å². The summed E-state index contributed by atoms with van der Waals surface area (Å²) in [5.41, 5.74) is 1.61. The van der Waals surface area contributed by atoms with Crippen LogP contribution in [-0.2, 0) is 10.0 Å². The third-order valence-electron chi connectivity index (χ3n) is 4.54. The van der Waals surface area contributed by atoms with Crippen molar-refractivity contribution in [3.05, 3.63) is 60.4 Å². The first-order valence-corrected chi connectivity index (χ1v) is 10.2. The van der Waals surface area contributed by atoms with Crippen LogP contribution in [0.2, 0.25) is 0 Å². The fraction of sp³-hybridized carbons (Fsp3) is 0.222. The van der Waals surface area contributed by atoms with Crippen molar-refractivity contribution in [3.8, 4) is 5.69 Å². The van der Waals surface area contributed by atoms with Crippen LogP contribution >= 0.6 is 0 Å². The minimum atomic E-state index is -3.57. The maximum absolute atomic E-state index is 12.7. The lowest BCUT2D eigenvalue weighted by Gasteiger charge is -2.16. The molecule has 1 aromatic heterocycles. The molecule has 0 bridgehead atoms. The van der Waals surface area contributed by atoms with Crippen LogP contribution in [0.3, 0.4) is 0 Å². The zero-order valence-corrected chi connectivity index (χ0v) is 15.7. The Hall–Kier alpha value is -3.11. The number of benzene rings is 2. The summed E-state index contributed by atoms with van der Waals surface area (Å²) >= 11 is 0. The van der Waals surface area contributed by atoms with Crippen molar-refractivity contribution in [2.45, 2.75) is 17.7 Å². The molecule has 1 N–H and O–H groups in total. The largest absolute Gasteiger partial charge is 0.322 e. The molecule has 0 unspecified atom stereocenters. The molecule has 10 heteroatoms. The number of nitrogens with one attached hydrogen (secondary N) is 1. The van der Waals surface area contributed by atoms with E-state index in [1.807, 2.05) is 0 Å². The monoisotopic (exact) mass is 398 g/mol. The maximum atomic E-state index is 12.7. The lowest BCUT2D eigenvalue weighted by atomic mass is 10.2. The van der Waals surface area contributed by atoms with Crippen LogP contribution in [0.5, 0.6) is 0 Å². The van der Waals surface area contributed by atoms with E-state index in [9.17, 15) is 13.2 Å². The predicted molar refractivity (Wildman–Crippen MR) is 102 cm³/mol. The van der Waals surface area contributed by atoms with Crippen LogP contribution < -0.4 is 5.32 Å². The second-order valence-corrected chi connectivity index (χ2v) is 8.33. The van der Waals surface area contributed by atoms with Crippen molar-refractivity contribution in [3.63, 3.8) is 0 Å². The van der Waals surface area contributed by atoms with Gasteiger partial charge in [-0.15, -0.1) is 5.10 Å². The van der Waals surface area contributed by atoms with E-state index in [2.05, 4.69) is 20.8 Å². The molecule has 0 atom stereocenters. The zero-order chi connectivity index (χ0) is 19.6. The summed E-state index contributed by atoms with van der Waals surface area (Å²) in [6.45, 7) is 1.04. The van der Waals surface area contributed by atoms with Crippen molar-refractivity contribution < 1.29 is 13.2 Å². The zero-order valence-electron chi connectivity index (χ0n) is 14.9. The number of carbonyl (C=O) groups is 1. The van der Waals surface area contributed by atoms with Gasteiger partial charge in [-0.25, -0.2) is 13.1 Å². The van der Waals surface area contributed by atoms with Crippen molar-refractivity contribution in [1.29, 1.82) is 0 Å². The van der Waals surface area contributed by atoms with E-state index in [1.165, 1.54) is 27.4 Å². The van der Waals surface area contributed by atoms with E-state index in [0.717, 1.165) is 18.5 Å². The number of sulfonamides is 1. The summed E-state index contributed by atoms with van der Waals surface area (Å²) in [5.74, 6) is -0.381. The standard InChI is InChI=1S/C18H18N6O3S/c25-18(20-15-6-8-16(9-7-15)24-13-19-21-22-24)14-4-3-5-17(12-14)28(26,27)23-10-1-2-11-23/h3-9,12-13H,1-2,10-11H2,(H,20,25). The summed E-state index contributed by atoms with van der Waals surface area (Å²) in [6, 6.07) is 13.1. The molecule has 9 nitrogen and oxygen atoms in total. The maximum Gasteiger partial charge on any atom is 0.255 e. The summed E-state index contributed by atoms with van der Waals surface area (Å²) < 4.78 is 28.3. The van der Waals surface area contributed by atoms with Gasteiger partial charge in [0.1, 0.15) is 6.33 Å².